The number of rotatable bonds is 8. The fourth-order valence-electron chi connectivity index (χ4n) is 4.30. The van der Waals surface area contributed by atoms with E-state index in [1.807, 2.05) is 39.0 Å². The Labute approximate surface area is 199 Å². The quantitative estimate of drug-likeness (QED) is 0.446. The molecular formula is C28H30N2O4. The molecule has 176 valence electrons. The van der Waals surface area contributed by atoms with Crippen LogP contribution in [0.3, 0.4) is 0 Å². The molecule has 0 fully saturated rings. The van der Waals surface area contributed by atoms with Gasteiger partial charge in [-0.3, -0.25) is 9.59 Å². The van der Waals surface area contributed by atoms with Crippen LogP contribution in [0.25, 0.3) is 21.5 Å². The van der Waals surface area contributed by atoms with Gasteiger partial charge in [-0.2, -0.15) is 5.26 Å². The first-order valence-corrected chi connectivity index (χ1v) is 11.6. The molecular weight excluding hydrogens is 428 g/mol. The van der Waals surface area contributed by atoms with E-state index in [1.165, 1.54) is 7.11 Å². The summed E-state index contributed by atoms with van der Waals surface area (Å²) in [7, 11) is 1.32. The maximum atomic E-state index is 13.4. The van der Waals surface area contributed by atoms with E-state index in [9.17, 15) is 19.6 Å². The van der Waals surface area contributed by atoms with Crippen molar-refractivity contribution in [2.45, 2.75) is 52.6 Å². The Hall–Kier alpha value is -3.72. The first kappa shape index (κ1) is 24.9. The van der Waals surface area contributed by atoms with Gasteiger partial charge in [-0.1, -0.05) is 63.6 Å². The van der Waals surface area contributed by atoms with Gasteiger partial charge in [0.15, 0.2) is 5.43 Å². The van der Waals surface area contributed by atoms with Crippen LogP contribution in [-0.2, 0) is 20.9 Å². The largest absolute Gasteiger partial charge is 0.467 e. The SMILES string of the molecule is CCCCC(=O)N(Cc1ccc2c(C#N)cc3ccccc3c(=O)c2c1)[C@H](C(=O)OC)C(C)C. The summed E-state index contributed by atoms with van der Waals surface area (Å²) < 4.78 is 5.01. The van der Waals surface area contributed by atoms with Gasteiger partial charge < -0.3 is 9.64 Å². The molecule has 0 saturated heterocycles. The number of unbranched alkanes of at least 4 members (excludes halogenated alkanes) is 1. The van der Waals surface area contributed by atoms with E-state index in [1.54, 1.807) is 35.2 Å². The lowest BCUT2D eigenvalue weighted by Gasteiger charge is -2.32. The van der Waals surface area contributed by atoms with Crippen molar-refractivity contribution < 1.29 is 14.3 Å². The number of benzene rings is 2. The van der Waals surface area contributed by atoms with Gasteiger partial charge in [0.1, 0.15) is 6.04 Å². The summed E-state index contributed by atoms with van der Waals surface area (Å²) in [5, 5.41) is 11.9. The standard InChI is InChI=1S/C28H30N2O4/c1-5-6-11-25(31)30(26(18(2)3)28(33)34-4)17-19-12-13-22-21(16-29)15-20-9-7-8-10-23(20)27(32)24(22)14-19/h7-10,12-15,18,26H,5-6,11,17H2,1-4H3/t26-/m0/s1. The van der Waals surface area contributed by atoms with Crippen molar-refractivity contribution in [2.24, 2.45) is 5.92 Å². The number of ether oxygens (including phenoxy) is 1. The van der Waals surface area contributed by atoms with Crippen LogP contribution < -0.4 is 5.43 Å². The Bertz CT molecular complexity index is 1320. The number of carbonyl (C=O) groups excluding carboxylic acids is 2. The molecule has 0 unspecified atom stereocenters. The normalized spacial score (nSPS) is 11.9. The van der Waals surface area contributed by atoms with E-state index < -0.39 is 12.0 Å². The second-order valence-electron chi connectivity index (χ2n) is 8.80. The summed E-state index contributed by atoms with van der Waals surface area (Å²) in [5.74, 6) is -0.745. The first-order valence-electron chi connectivity index (χ1n) is 11.6. The molecule has 0 aliphatic rings. The van der Waals surface area contributed by atoms with Gasteiger partial charge in [0.05, 0.1) is 18.7 Å². The number of carbonyl (C=O) groups is 2. The van der Waals surface area contributed by atoms with Crippen LogP contribution in [-0.4, -0.2) is 29.9 Å². The maximum Gasteiger partial charge on any atom is 0.328 e. The van der Waals surface area contributed by atoms with Gasteiger partial charge in [-0.05, 0) is 35.4 Å². The lowest BCUT2D eigenvalue weighted by atomic mass is 9.99. The summed E-state index contributed by atoms with van der Waals surface area (Å²) in [6.07, 6.45) is 1.91. The summed E-state index contributed by atoms with van der Waals surface area (Å²) in [6, 6.07) is 15.7. The molecule has 3 aromatic rings. The third-order valence-corrected chi connectivity index (χ3v) is 6.07. The summed E-state index contributed by atoms with van der Waals surface area (Å²) in [4.78, 5) is 40.7. The zero-order valence-electron chi connectivity index (χ0n) is 20.1. The zero-order chi connectivity index (χ0) is 24.8. The fraction of sp³-hybridized carbons (Fsp3) is 0.357. The van der Waals surface area contributed by atoms with E-state index >= 15 is 0 Å². The van der Waals surface area contributed by atoms with Gasteiger partial charge in [0.25, 0.3) is 0 Å². The predicted molar refractivity (Wildman–Crippen MR) is 133 cm³/mol. The first-order chi connectivity index (χ1) is 16.3. The minimum absolute atomic E-state index is 0.129. The fourth-order valence-corrected chi connectivity index (χ4v) is 4.30. The van der Waals surface area contributed by atoms with Crippen LogP contribution in [0.1, 0.15) is 51.2 Å². The van der Waals surface area contributed by atoms with Crippen LogP contribution in [0.5, 0.6) is 0 Å². The molecule has 6 nitrogen and oxygen atoms in total. The molecule has 0 aromatic heterocycles. The molecule has 6 heteroatoms. The topological polar surface area (TPSA) is 87.5 Å². The van der Waals surface area contributed by atoms with Crippen molar-refractivity contribution in [2.75, 3.05) is 7.11 Å². The molecule has 3 aromatic carbocycles. The molecule has 0 saturated carbocycles. The molecule has 1 amide bonds. The van der Waals surface area contributed by atoms with Crippen molar-refractivity contribution in [1.82, 2.24) is 4.90 Å². The van der Waals surface area contributed by atoms with Gasteiger partial charge >= 0.3 is 5.97 Å². The van der Waals surface area contributed by atoms with E-state index in [0.29, 0.717) is 39.1 Å². The number of nitriles is 1. The highest BCUT2D eigenvalue weighted by Crippen LogP contribution is 2.24. The van der Waals surface area contributed by atoms with E-state index in [0.717, 1.165) is 12.8 Å². The molecule has 0 heterocycles. The van der Waals surface area contributed by atoms with E-state index in [2.05, 4.69) is 6.07 Å². The molecule has 0 radical (unpaired) electrons. The summed E-state index contributed by atoms with van der Waals surface area (Å²) >= 11 is 0. The molecule has 0 spiro atoms. The molecule has 0 aliphatic carbocycles. The highest BCUT2D eigenvalue weighted by Gasteiger charge is 2.33. The smallest absolute Gasteiger partial charge is 0.328 e. The third-order valence-electron chi connectivity index (χ3n) is 6.07. The Kier molecular flexibility index (Phi) is 8.01. The second-order valence-corrected chi connectivity index (χ2v) is 8.80. The number of hydrogen-bond donors (Lipinski definition) is 0. The monoisotopic (exact) mass is 458 g/mol. The molecule has 3 rings (SSSR count). The predicted octanol–water partition coefficient (Wildman–Crippen LogP) is 4.94. The van der Waals surface area contributed by atoms with Crippen LogP contribution in [0.15, 0.2) is 53.3 Å². The van der Waals surface area contributed by atoms with E-state index in [4.69, 9.17) is 4.74 Å². The van der Waals surface area contributed by atoms with Crippen molar-refractivity contribution in [3.8, 4) is 6.07 Å². The van der Waals surface area contributed by atoms with Gasteiger partial charge in [0, 0.05) is 29.1 Å². The average molecular weight is 459 g/mol. The van der Waals surface area contributed by atoms with E-state index in [-0.39, 0.29) is 23.8 Å². The number of methoxy groups -OCH3 is 1. The molecule has 0 bridgehead atoms. The minimum atomic E-state index is -0.737. The lowest BCUT2D eigenvalue weighted by molar-refractivity contribution is -0.155. The average Bonchev–Trinajstić information content (AvgIpc) is 2.96. The summed E-state index contributed by atoms with van der Waals surface area (Å²) in [6.45, 7) is 5.93. The molecule has 0 N–H and O–H groups in total. The summed E-state index contributed by atoms with van der Waals surface area (Å²) in [5.41, 5.74) is 0.944. The Morgan fingerprint density at radius 2 is 1.79 bits per heavy atom. The number of amides is 1. The van der Waals surface area contributed by atoms with Crippen LogP contribution in [0.2, 0.25) is 0 Å². The number of hydrogen-bond acceptors (Lipinski definition) is 5. The van der Waals surface area contributed by atoms with Gasteiger partial charge in [-0.25, -0.2) is 4.79 Å². The lowest BCUT2D eigenvalue weighted by Crippen LogP contribution is -2.48. The van der Waals surface area contributed by atoms with Crippen molar-refractivity contribution in [3.63, 3.8) is 0 Å². The second kappa shape index (κ2) is 10.9. The molecule has 34 heavy (non-hydrogen) atoms. The maximum absolute atomic E-state index is 13.4. The molecule has 1 atom stereocenters. The van der Waals surface area contributed by atoms with Crippen LogP contribution in [0.4, 0.5) is 0 Å². The highest BCUT2D eigenvalue weighted by molar-refractivity contribution is 5.97. The minimum Gasteiger partial charge on any atom is -0.467 e. The highest BCUT2D eigenvalue weighted by atomic mass is 16.5. The van der Waals surface area contributed by atoms with Gasteiger partial charge in [0.2, 0.25) is 5.91 Å². The molecule has 0 aliphatic heterocycles. The van der Waals surface area contributed by atoms with Crippen LogP contribution in [0, 0.1) is 17.2 Å². The Morgan fingerprint density at radius 3 is 2.44 bits per heavy atom. The van der Waals surface area contributed by atoms with Crippen molar-refractivity contribution in [1.29, 1.82) is 5.26 Å². The Balaban J connectivity index is 2.17. The van der Waals surface area contributed by atoms with Crippen molar-refractivity contribution >= 4 is 33.4 Å². The number of esters is 1. The van der Waals surface area contributed by atoms with Crippen LogP contribution >= 0.6 is 0 Å². The number of fused-ring (bicyclic) bond motifs is 2. The Morgan fingerprint density at radius 1 is 1.06 bits per heavy atom. The third kappa shape index (κ3) is 5.09. The van der Waals surface area contributed by atoms with Gasteiger partial charge in [-0.15, -0.1) is 0 Å². The zero-order valence-corrected chi connectivity index (χ0v) is 20.1. The number of nitrogens with zero attached hydrogens (tertiary/aromatic N) is 2. The van der Waals surface area contributed by atoms with Crippen molar-refractivity contribution in [3.05, 3.63) is 69.9 Å².